The molecule has 0 aliphatic heterocycles. The molecule has 0 radical (unpaired) electrons. The number of carbonyl (C=O) groups is 1. The Bertz CT molecular complexity index is 624. The lowest BCUT2D eigenvalue weighted by molar-refractivity contribution is -0.122. The molecule has 0 spiro atoms. The molecule has 0 heterocycles. The van der Waals surface area contributed by atoms with Gasteiger partial charge in [-0.05, 0) is 43.3 Å². The van der Waals surface area contributed by atoms with Crippen LogP contribution in [0.1, 0.15) is 6.92 Å². The van der Waals surface area contributed by atoms with Crippen LogP contribution < -0.4 is 10.1 Å². The van der Waals surface area contributed by atoms with Crippen LogP contribution in [0.15, 0.2) is 42.5 Å². The molecule has 2 aromatic carbocycles. The van der Waals surface area contributed by atoms with E-state index < -0.39 is 35.2 Å². The Balaban J connectivity index is 2.04. The molecular formula is C15H12F3NO2. The number of carbonyl (C=O) groups excluding carboxylic acids is 1. The van der Waals surface area contributed by atoms with Gasteiger partial charge in [-0.1, -0.05) is 6.07 Å². The summed E-state index contributed by atoms with van der Waals surface area (Å²) in [6.07, 6.45) is -1.01. The molecule has 0 aliphatic carbocycles. The molecule has 3 nitrogen and oxygen atoms in total. The zero-order valence-electron chi connectivity index (χ0n) is 11.1. The van der Waals surface area contributed by atoms with Crippen molar-refractivity contribution in [2.24, 2.45) is 0 Å². The minimum absolute atomic E-state index is 0.271. The minimum Gasteiger partial charge on any atom is -0.481 e. The number of hydrogen-bond acceptors (Lipinski definition) is 2. The van der Waals surface area contributed by atoms with Crippen LogP contribution in [0.2, 0.25) is 0 Å². The number of ether oxygens (including phenoxy) is 1. The second-order valence-electron chi connectivity index (χ2n) is 4.30. The standard InChI is InChI=1S/C15H12F3NO2/c1-9(21-11-7-5-10(16)6-8-11)15(20)19-14-12(17)3-2-4-13(14)18/h2-9H,1H3,(H,19,20)/t9-/m1/s1. The molecule has 2 aromatic rings. The highest BCUT2D eigenvalue weighted by Crippen LogP contribution is 2.19. The number of halogens is 3. The maximum absolute atomic E-state index is 13.4. The zero-order valence-corrected chi connectivity index (χ0v) is 11.1. The van der Waals surface area contributed by atoms with E-state index in [1.807, 2.05) is 0 Å². The van der Waals surface area contributed by atoms with Crippen molar-refractivity contribution in [2.45, 2.75) is 13.0 Å². The first kappa shape index (κ1) is 14.9. The Kier molecular flexibility index (Phi) is 4.47. The molecule has 0 fully saturated rings. The van der Waals surface area contributed by atoms with E-state index in [2.05, 4.69) is 5.32 Å². The van der Waals surface area contributed by atoms with Gasteiger partial charge in [-0.2, -0.15) is 0 Å². The van der Waals surface area contributed by atoms with Crippen LogP contribution >= 0.6 is 0 Å². The van der Waals surface area contributed by atoms with Crippen molar-refractivity contribution in [2.75, 3.05) is 5.32 Å². The first-order valence-corrected chi connectivity index (χ1v) is 6.14. The Hall–Kier alpha value is -2.50. The third kappa shape index (κ3) is 3.75. The van der Waals surface area contributed by atoms with Crippen LogP contribution in [-0.2, 0) is 4.79 Å². The summed E-state index contributed by atoms with van der Waals surface area (Å²) in [7, 11) is 0. The lowest BCUT2D eigenvalue weighted by Gasteiger charge is -2.15. The van der Waals surface area contributed by atoms with Gasteiger partial charge in [0, 0.05) is 0 Å². The highest BCUT2D eigenvalue weighted by molar-refractivity contribution is 5.94. The van der Waals surface area contributed by atoms with E-state index in [9.17, 15) is 18.0 Å². The molecule has 6 heteroatoms. The molecule has 1 N–H and O–H groups in total. The average Bonchev–Trinajstić information content (AvgIpc) is 2.45. The quantitative estimate of drug-likeness (QED) is 0.937. The summed E-state index contributed by atoms with van der Waals surface area (Å²) < 4.78 is 44.8. The predicted octanol–water partition coefficient (Wildman–Crippen LogP) is 3.51. The fourth-order valence-corrected chi connectivity index (χ4v) is 1.61. The van der Waals surface area contributed by atoms with E-state index in [0.29, 0.717) is 0 Å². The predicted molar refractivity (Wildman–Crippen MR) is 71.5 cm³/mol. The van der Waals surface area contributed by atoms with Crippen LogP contribution in [0, 0.1) is 17.5 Å². The Morgan fingerprint density at radius 1 is 1.05 bits per heavy atom. The number of para-hydroxylation sites is 1. The van der Waals surface area contributed by atoms with Gasteiger partial charge in [-0.25, -0.2) is 13.2 Å². The minimum atomic E-state index is -1.01. The fraction of sp³-hybridized carbons (Fsp3) is 0.133. The van der Waals surface area contributed by atoms with E-state index in [4.69, 9.17) is 4.74 Å². The van der Waals surface area contributed by atoms with Gasteiger partial charge in [-0.3, -0.25) is 4.79 Å². The first-order valence-electron chi connectivity index (χ1n) is 6.14. The lowest BCUT2D eigenvalue weighted by Crippen LogP contribution is -2.30. The largest absolute Gasteiger partial charge is 0.481 e. The van der Waals surface area contributed by atoms with E-state index in [1.165, 1.54) is 37.3 Å². The lowest BCUT2D eigenvalue weighted by atomic mass is 10.2. The Morgan fingerprint density at radius 2 is 1.62 bits per heavy atom. The third-order valence-electron chi connectivity index (χ3n) is 2.71. The molecule has 1 amide bonds. The van der Waals surface area contributed by atoms with E-state index in [-0.39, 0.29) is 5.75 Å². The maximum Gasteiger partial charge on any atom is 0.265 e. The fourth-order valence-electron chi connectivity index (χ4n) is 1.61. The molecule has 0 bridgehead atoms. The first-order chi connectivity index (χ1) is 9.97. The number of hydrogen-bond donors (Lipinski definition) is 1. The van der Waals surface area contributed by atoms with Crippen molar-refractivity contribution in [1.82, 2.24) is 0 Å². The van der Waals surface area contributed by atoms with Crippen molar-refractivity contribution >= 4 is 11.6 Å². The summed E-state index contributed by atoms with van der Waals surface area (Å²) in [5, 5.41) is 2.12. The summed E-state index contributed by atoms with van der Waals surface area (Å²) >= 11 is 0. The van der Waals surface area contributed by atoms with Gasteiger partial charge in [-0.15, -0.1) is 0 Å². The second-order valence-corrected chi connectivity index (χ2v) is 4.30. The van der Waals surface area contributed by atoms with Crippen LogP contribution in [0.25, 0.3) is 0 Å². The highest BCUT2D eigenvalue weighted by atomic mass is 19.1. The number of benzene rings is 2. The maximum atomic E-state index is 13.4. The topological polar surface area (TPSA) is 38.3 Å². The second kappa shape index (κ2) is 6.30. The molecule has 0 aliphatic rings. The summed E-state index contributed by atoms with van der Waals surface area (Å²) in [6, 6.07) is 8.31. The molecule has 1 atom stereocenters. The van der Waals surface area contributed by atoms with Crippen LogP contribution in [0.5, 0.6) is 5.75 Å². The van der Waals surface area contributed by atoms with E-state index >= 15 is 0 Å². The van der Waals surface area contributed by atoms with E-state index in [0.717, 1.165) is 12.1 Å². The number of rotatable bonds is 4. The van der Waals surface area contributed by atoms with Gasteiger partial charge in [0.25, 0.3) is 5.91 Å². The summed E-state index contributed by atoms with van der Waals surface area (Å²) in [4.78, 5) is 11.8. The highest BCUT2D eigenvalue weighted by Gasteiger charge is 2.18. The van der Waals surface area contributed by atoms with Crippen LogP contribution in [-0.4, -0.2) is 12.0 Å². The third-order valence-corrected chi connectivity index (χ3v) is 2.71. The molecule has 0 aromatic heterocycles. The Morgan fingerprint density at radius 3 is 2.19 bits per heavy atom. The van der Waals surface area contributed by atoms with Gasteiger partial charge >= 0.3 is 0 Å². The normalized spacial score (nSPS) is 11.8. The van der Waals surface area contributed by atoms with Gasteiger partial charge in [0.15, 0.2) is 6.10 Å². The van der Waals surface area contributed by atoms with Gasteiger partial charge in [0.1, 0.15) is 28.9 Å². The molecule has 0 unspecified atom stereocenters. The molecule has 0 saturated carbocycles. The van der Waals surface area contributed by atoms with Crippen molar-refractivity contribution in [1.29, 1.82) is 0 Å². The molecule has 2 rings (SSSR count). The number of amides is 1. The van der Waals surface area contributed by atoms with Gasteiger partial charge < -0.3 is 10.1 Å². The summed E-state index contributed by atoms with van der Waals surface area (Å²) in [6.45, 7) is 1.41. The smallest absolute Gasteiger partial charge is 0.265 e. The van der Waals surface area contributed by atoms with E-state index in [1.54, 1.807) is 0 Å². The zero-order chi connectivity index (χ0) is 15.4. The van der Waals surface area contributed by atoms with Gasteiger partial charge in [0.05, 0.1) is 0 Å². The SMILES string of the molecule is C[C@@H](Oc1ccc(F)cc1)C(=O)Nc1c(F)cccc1F. The number of anilines is 1. The Labute approximate surface area is 119 Å². The van der Waals surface area contributed by atoms with Gasteiger partial charge in [0.2, 0.25) is 0 Å². The molecule has 0 saturated heterocycles. The molecule has 21 heavy (non-hydrogen) atoms. The van der Waals surface area contributed by atoms with Crippen LogP contribution in [0.4, 0.5) is 18.9 Å². The monoisotopic (exact) mass is 295 g/mol. The van der Waals surface area contributed by atoms with Crippen molar-refractivity contribution in [3.8, 4) is 5.75 Å². The molecule has 110 valence electrons. The van der Waals surface area contributed by atoms with Crippen molar-refractivity contribution in [3.05, 3.63) is 59.9 Å². The average molecular weight is 295 g/mol. The van der Waals surface area contributed by atoms with Crippen molar-refractivity contribution < 1.29 is 22.7 Å². The number of nitrogens with one attached hydrogen (secondary N) is 1. The summed E-state index contributed by atoms with van der Waals surface area (Å²) in [5.74, 6) is -2.64. The summed E-state index contributed by atoms with van der Waals surface area (Å²) in [5.41, 5.74) is -0.531. The van der Waals surface area contributed by atoms with Crippen LogP contribution in [0.3, 0.4) is 0 Å². The molecular weight excluding hydrogens is 283 g/mol. The van der Waals surface area contributed by atoms with Crippen molar-refractivity contribution in [3.63, 3.8) is 0 Å².